The lowest BCUT2D eigenvalue weighted by molar-refractivity contribution is -0.126. The summed E-state index contributed by atoms with van der Waals surface area (Å²) in [4.78, 5) is 28.1. The van der Waals surface area contributed by atoms with Crippen LogP contribution in [0.4, 0.5) is 10.1 Å². The molecule has 1 N–H and O–H groups in total. The van der Waals surface area contributed by atoms with Crippen molar-refractivity contribution in [2.45, 2.75) is 12.8 Å². The van der Waals surface area contributed by atoms with Crippen molar-refractivity contribution < 1.29 is 18.7 Å². The normalized spacial score (nSPS) is 21.6. The van der Waals surface area contributed by atoms with Gasteiger partial charge < -0.3 is 15.0 Å². The van der Waals surface area contributed by atoms with Crippen LogP contribution >= 0.6 is 0 Å². The van der Waals surface area contributed by atoms with Crippen LogP contribution in [-0.4, -0.2) is 62.7 Å². The number of morpholine rings is 1. The van der Waals surface area contributed by atoms with E-state index in [-0.39, 0.29) is 30.5 Å². The summed E-state index contributed by atoms with van der Waals surface area (Å²) < 4.78 is 19.2. The molecule has 2 heterocycles. The van der Waals surface area contributed by atoms with E-state index in [9.17, 15) is 14.0 Å². The molecule has 0 aliphatic carbocycles. The molecule has 0 saturated carbocycles. The van der Waals surface area contributed by atoms with Crippen molar-refractivity contribution in [1.82, 2.24) is 10.2 Å². The van der Waals surface area contributed by atoms with E-state index in [2.05, 4.69) is 10.2 Å². The van der Waals surface area contributed by atoms with Crippen molar-refractivity contribution in [3.63, 3.8) is 0 Å². The second-order valence-corrected chi connectivity index (χ2v) is 6.46. The minimum atomic E-state index is -0.442. The maximum Gasteiger partial charge on any atom is 0.227 e. The fraction of sp³-hybridized carbons (Fsp3) is 0.556. The van der Waals surface area contributed by atoms with E-state index in [1.807, 2.05) is 0 Å². The Morgan fingerprint density at radius 2 is 2.04 bits per heavy atom. The number of amides is 2. The highest BCUT2D eigenvalue weighted by atomic mass is 19.1. The van der Waals surface area contributed by atoms with E-state index >= 15 is 0 Å². The van der Waals surface area contributed by atoms with E-state index in [1.165, 1.54) is 11.0 Å². The number of anilines is 1. The maximum atomic E-state index is 13.9. The van der Waals surface area contributed by atoms with Crippen LogP contribution in [0.3, 0.4) is 0 Å². The highest BCUT2D eigenvalue weighted by Crippen LogP contribution is 2.27. The fourth-order valence-corrected chi connectivity index (χ4v) is 3.27. The van der Waals surface area contributed by atoms with Gasteiger partial charge in [-0.3, -0.25) is 14.5 Å². The molecule has 1 atom stereocenters. The second kappa shape index (κ2) is 8.40. The number of benzene rings is 1. The molecule has 0 bridgehead atoms. The van der Waals surface area contributed by atoms with Gasteiger partial charge in [-0.05, 0) is 25.1 Å². The van der Waals surface area contributed by atoms with Gasteiger partial charge in [-0.15, -0.1) is 0 Å². The molecule has 0 spiro atoms. The molecular weight excluding hydrogens is 325 g/mol. The molecule has 25 heavy (non-hydrogen) atoms. The van der Waals surface area contributed by atoms with Gasteiger partial charge >= 0.3 is 0 Å². The third-order valence-electron chi connectivity index (χ3n) is 4.69. The lowest BCUT2D eigenvalue weighted by Gasteiger charge is -2.26. The van der Waals surface area contributed by atoms with Crippen molar-refractivity contribution in [1.29, 1.82) is 0 Å². The van der Waals surface area contributed by atoms with Gasteiger partial charge in [0.15, 0.2) is 0 Å². The van der Waals surface area contributed by atoms with E-state index < -0.39 is 11.7 Å². The standard InChI is InChI=1S/C18H24FN3O3/c19-15-4-1-2-5-16(15)22-13-14(12-17(22)23)18(24)20-6-3-7-21-8-10-25-11-9-21/h1-2,4-5,14H,3,6-13H2,(H,20,24)/t14-/m1/s1. The third-order valence-corrected chi connectivity index (χ3v) is 4.69. The number of carbonyl (C=O) groups is 2. The molecule has 2 fully saturated rings. The van der Waals surface area contributed by atoms with E-state index in [4.69, 9.17) is 4.74 Å². The predicted molar refractivity (Wildman–Crippen MR) is 91.7 cm³/mol. The summed E-state index contributed by atoms with van der Waals surface area (Å²) in [5.41, 5.74) is 0.245. The fourth-order valence-electron chi connectivity index (χ4n) is 3.27. The zero-order valence-corrected chi connectivity index (χ0v) is 14.2. The van der Waals surface area contributed by atoms with Crippen LogP contribution in [0.25, 0.3) is 0 Å². The highest BCUT2D eigenvalue weighted by Gasteiger charge is 2.35. The summed E-state index contributed by atoms with van der Waals surface area (Å²) >= 11 is 0. The van der Waals surface area contributed by atoms with Crippen LogP contribution in [0.15, 0.2) is 24.3 Å². The van der Waals surface area contributed by atoms with E-state index in [1.54, 1.807) is 18.2 Å². The van der Waals surface area contributed by atoms with Crippen molar-refractivity contribution in [2.75, 3.05) is 50.8 Å². The predicted octanol–water partition coefficient (Wildman–Crippen LogP) is 1.02. The van der Waals surface area contributed by atoms with Crippen LogP contribution in [0.2, 0.25) is 0 Å². The van der Waals surface area contributed by atoms with Crippen LogP contribution in [0, 0.1) is 11.7 Å². The number of ether oxygens (including phenoxy) is 1. The molecule has 136 valence electrons. The van der Waals surface area contributed by atoms with Crippen molar-refractivity contribution in [2.24, 2.45) is 5.92 Å². The first kappa shape index (κ1) is 17.8. The molecule has 0 radical (unpaired) electrons. The number of para-hydroxylation sites is 1. The number of halogens is 1. The Labute approximate surface area is 146 Å². The quantitative estimate of drug-likeness (QED) is 0.779. The first-order chi connectivity index (χ1) is 12.1. The lowest BCUT2D eigenvalue weighted by atomic mass is 10.1. The Morgan fingerprint density at radius 3 is 2.80 bits per heavy atom. The molecule has 2 aliphatic heterocycles. The van der Waals surface area contributed by atoms with Crippen molar-refractivity contribution in [3.05, 3.63) is 30.1 Å². The molecule has 2 aliphatic rings. The number of hydrogen-bond acceptors (Lipinski definition) is 4. The first-order valence-electron chi connectivity index (χ1n) is 8.78. The number of rotatable bonds is 6. The topological polar surface area (TPSA) is 61.9 Å². The molecule has 2 amide bonds. The van der Waals surface area contributed by atoms with Crippen molar-refractivity contribution in [3.8, 4) is 0 Å². The number of nitrogens with zero attached hydrogens (tertiary/aromatic N) is 2. The molecule has 1 aromatic carbocycles. The zero-order valence-electron chi connectivity index (χ0n) is 14.2. The number of hydrogen-bond donors (Lipinski definition) is 1. The molecule has 1 aromatic rings. The Balaban J connectivity index is 1.44. The van der Waals surface area contributed by atoms with Gasteiger partial charge in [0, 0.05) is 32.6 Å². The summed E-state index contributed by atoms with van der Waals surface area (Å²) in [6.07, 6.45) is 0.993. The van der Waals surface area contributed by atoms with Gasteiger partial charge in [-0.25, -0.2) is 4.39 Å². The van der Waals surface area contributed by atoms with Gasteiger partial charge in [-0.2, -0.15) is 0 Å². The molecule has 2 saturated heterocycles. The monoisotopic (exact) mass is 349 g/mol. The lowest BCUT2D eigenvalue weighted by Crippen LogP contribution is -2.39. The minimum Gasteiger partial charge on any atom is -0.379 e. The summed E-state index contributed by atoms with van der Waals surface area (Å²) in [5, 5.41) is 2.90. The van der Waals surface area contributed by atoms with Gasteiger partial charge in [0.25, 0.3) is 0 Å². The largest absolute Gasteiger partial charge is 0.379 e. The molecule has 3 rings (SSSR count). The number of carbonyl (C=O) groups excluding carboxylic acids is 2. The Bertz CT molecular complexity index is 619. The molecule has 7 heteroatoms. The van der Waals surface area contributed by atoms with Gasteiger partial charge in [-0.1, -0.05) is 12.1 Å². The third kappa shape index (κ3) is 4.55. The van der Waals surface area contributed by atoms with Crippen LogP contribution in [0.1, 0.15) is 12.8 Å². The average Bonchev–Trinajstić information content (AvgIpc) is 3.01. The Hall–Kier alpha value is -1.99. The second-order valence-electron chi connectivity index (χ2n) is 6.46. The highest BCUT2D eigenvalue weighted by molar-refractivity contribution is 6.00. The van der Waals surface area contributed by atoms with Crippen LogP contribution in [0.5, 0.6) is 0 Å². The molecular formula is C18H24FN3O3. The van der Waals surface area contributed by atoms with E-state index in [0.29, 0.717) is 6.54 Å². The van der Waals surface area contributed by atoms with Gasteiger partial charge in [0.05, 0.1) is 24.8 Å². The van der Waals surface area contributed by atoms with Crippen LogP contribution < -0.4 is 10.2 Å². The summed E-state index contributed by atoms with van der Waals surface area (Å²) in [5.74, 6) is -1.20. The zero-order chi connectivity index (χ0) is 17.6. The number of nitrogens with one attached hydrogen (secondary N) is 1. The Morgan fingerprint density at radius 1 is 1.28 bits per heavy atom. The molecule has 6 nitrogen and oxygen atoms in total. The SMILES string of the molecule is O=C(NCCCN1CCOCC1)[C@@H]1CC(=O)N(c2ccccc2F)C1. The Kier molecular flexibility index (Phi) is 5.99. The summed E-state index contributed by atoms with van der Waals surface area (Å²) in [6, 6.07) is 6.15. The van der Waals surface area contributed by atoms with E-state index in [0.717, 1.165) is 39.3 Å². The molecule has 0 aromatic heterocycles. The smallest absolute Gasteiger partial charge is 0.227 e. The van der Waals surface area contributed by atoms with Gasteiger partial charge in [0.1, 0.15) is 5.82 Å². The first-order valence-corrected chi connectivity index (χ1v) is 8.78. The van der Waals surface area contributed by atoms with Gasteiger partial charge in [0.2, 0.25) is 11.8 Å². The minimum absolute atomic E-state index is 0.129. The molecule has 0 unspecified atom stereocenters. The van der Waals surface area contributed by atoms with Crippen LogP contribution in [-0.2, 0) is 14.3 Å². The maximum absolute atomic E-state index is 13.9. The summed E-state index contributed by atoms with van der Waals surface area (Å²) in [6.45, 7) is 5.14. The average molecular weight is 349 g/mol. The summed E-state index contributed by atoms with van der Waals surface area (Å²) in [7, 11) is 0. The van der Waals surface area contributed by atoms with Crippen molar-refractivity contribution >= 4 is 17.5 Å².